The van der Waals surface area contributed by atoms with Gasteiger partial charge in [-0.1, -0.05) is 0 Å². The van der Waals surface area contributed by atoms with Crippen LogP contribution in [0.15, 0.2) is 22.8 Å². The van der Waals surface area contributed by atoms with Gasteiger partial charge in [-0.25, -0.2) is 4.52 Å². The van der Waals surface area contributed by atoms with Gasteiger partial charge >= 0.3 is 0 Å². The van der Waals surface area contributed by atoms with Crippen LogP contribution in [0, 0.1) is 6.92 Å². The van der Waals surface area contributed by atoms with E-state index < -0.39 is 0 Å². The smallest absolute Gasteiger partial charge is 0.0914 e. The molecule has 0 saturated carbocycles. The first kappa shape index (κ1) is 9.68. The fourth-order valence-corrected chi connectivity index (χ4v) is 1.97. The van der Waals surface area contributed by atoms with Crippen molar-refractivity contribution in [1.29, 1.82) is 0 Å². The zero-order valence-corrected chi connectivity index (χ0v) is 9.80. The van der Waals surface area contributed by atoms with E-state index in [1.807, 2.05) is 17.8 Å². The van der Waals surface area contributed by atoms with Gasteiger partial charge in [-0.2, -0.15) is 5.10 Å². The summed E-state index contributed by atoms with van der Waals surface area (Å²) in [6, 6.07) is 4.17. The number of nitrogens with one attached hydrogen (secondary N) is 1. The average Bonchev–Trinajstić information content (AvgIpc) is 2.46. The SMILES string of the molecule is CNCc1nn2ccc(C)cc2c1Br. The largest absolute Gasteiger partial charge is 0.314 e. The highest BCUT2D eigenvalue weighted by Crippen LogP contribution is 2.22. The number of aromatic nitrogens is 2. The molecule has 0 aromatic carbocycles. The highest BCUT2D eigenvalue weighted by molar-refractivity contribution is 9.10. The molecule has 0 amide bonds. The number of halogens is 1. The number of fused-ring (bicyclic) bond motifs is 1. The van der Waals surface area contributed by atoms with Crippen molar-refractivity contribution >= 4 is 21.4 Å². The molecule has 74 valence electrons. The number of hydrogen-bond acceptors (Lipinski definition) is 2. The standard InChI is InChI=1S/C10H12BrN3/c1-7-3-4-14-9(5-7)10(11)8(13-14)6-12-2/h3-5,12H,6H2,1-2H3. The van der Waals surface area contributed by atoms with Crippen LogP contribution in [0.1, 0.15) is 11.3 Å². The van der Waals surface area contributed by atoms with Crippen LogP contribution in [-0.2, 0) is 6.54 Å². The third-order valence-corrected chi connectivity index (χ3v) is 3.00. The lowest BCUT2D eigenvalue weighted by Crippen LogP contribution is -2.06. The lowest BCUT2D eigenvalue weighted by atomic mass is 10.2. The summed E-state index contributed by atoms with van der Waals surface area (Å²) in [5, 5.41) is 7.54. The van der Waals surface area contributed by atoms with Crippen molar-refractivity contribution in [3.05, 3.63) is 34.1 Å². The molecule has 0 spiro atoms. The zero-order valence-electron chi connectivity index (χ0n) is 8.21. The number of rotatable bonds is 2. The van der Waals surface area contributed by atoms with Crippen LogP contribution in [0.5, 0.6) is 0 Å². The van der Waals surface area contributed by atoms with Gasteiger partial charge in [-0.15, -0.1) is 0 Å². The second-order valence-electron chi connectivity index (χ2n) is 3.32. The van der Waals surface area contributed by atoms with E-state index in [2.05, 4.69) is 45.4 Å². The minimum atomic E-state index is 0.779. The van der Waals surface area contributed by atoms with Crippen molar-refractivity contribution in [3.8, 4) is 0 Å². The van der Waals surface area contributed by atoms with Gasteiger partial charge in [0, 0.05) is 12.7 Å². The molecule has 3 nitrogen and oxygen atoms in total. The minimum Gasteiger partial charge on any atom is -0.314 e. The first-order valence-corrected chi connectivity index (χ1v) is 5.29. The molecule has 2 rings (SSSR count). The predicted octanol–water partition coefficient (Wildman–Crippen LogP) is 2.12. The number of nitrogens with zero attached hydrogens (tertiary/aromatic N) is 2. The molecule has 0 radical (unpaired) electrons. The van der Waals surface area contributed by atoms with Crippen LogP contribution < -0.4 is 5.32 Å². The van der Waals surface area contributed by atoms with Gasteiger partial charge in [0.05, 0.1) is 15.7 Å². The summed E-state index contributed by atoms with van der Waals surface area (Å²) >= 11 is 3.56. The average molecular weight is 254 g/mol. The molecular weight excluding hydrogens is 242 g/mol. The molecule has 0 fully saturated rings. The Morgan fingerprint density at radius 1 is 1.57 bits per heavy atom. The Morgan fingerprint density at radius 2 is 2.36 bits per heavy atom. The number of pyridine rings is 1. The lowest BCUT2D eigenvalue weighted by Gasteiger charge is -1.94. The third kappa shape index (κ3) is 1.55. The molecule has 0 bridgehead atoms. The van der Waals surface area contributed by atoms with Crippen LogP contribution >= 0.6 is 15.9 Å². The van der Waals surface area contributed by atoms with Crippen molar-refractivity contribution in [1.82, 2.24) is 14.9 Å². The van der Waals surface area contributed by atoms with Crippen LogP contribution in [0.2, 0.25) is 0 Å². The Labute approximate surface area is 91.2 Å². The topological polar surface area (TPSA) is 29.3 Å². The first-order chi connectivity index (χ1) is 6.72. The summed E-state index contributed by atoms with van der Waals surface area (Å²) in [5.74, 6) is 0. The Hall–Kier alpha value is -0.870. The molecule has 2 aromatic heterocycles. The van der Waals surface area contributed by atoms with Crippen molar-refractivity contribution in [2.45, 2.75) is 13.5 Å². The van der Waals surface area contributed by atoms with Crippen molar-refractivity contribution in [2.75, 3.05) is 7.05 Å². The van der Waals surface area contributed by atoms with Gasteiger partial charge in [-0.05, 0) is 47.6 Å². The second-order valence-corrected chi connectivity index (χ2v) is 4.12. The predicted molar refractivity (Wildman–Crippen MR) is 60.4 cm³/mol. The highest BCUT2D eigenvalue weighted by atomic mass is 79.9. The van der Waals surface area contributed by atoms with Gasteiger partial charge in [0.15, 0.2) is 0 Å². The molecule has 14 heavy (non-hydrogen) atoms. The minimum absolute atomic E-state index is 0.779. The van der Waals surface area contributed by atoms with E-state index in [1.165, 1.54) is 5.56 Å². The van der Waals surface area contributed by atoms with E-state index in [-0.39, 0.29) is 0 Å². The van der Waals surface area contributed by atoms with E-state index in [9.17, 15) is 0 Å². The molecule has 1 N–H and O–H groups in total. The fraction of sp³-hybridized carbons (Fsp3) is 0.300. The highest BCUT2D eigenvalue weighted by Gasteiger charge is 2.08. The molecule has 0 saturated heterocycles. The number of aryl methyl sites for hydroxylation is 1. The van der Waals surface area contributed by atoms with Crippen LogP contribution in [0.3, 0.4) is 0 Å². The summed E-state index contributed by atoms with van der Waals surface area (Å²) in [6.07, 6.45) is 1.98. The Kier molecular flexibility index (Phi) is 2.56. The van der Waals surface area contributed by atoms with E-state index in [1.54, 1.807) is 0 Å². The fourth-order valence-electron chi connectivity index (χ4n) is 1.45. The summed E-state index contributed by atoms with van der Waals surface area (Å²) in [4.78, 5) is 0. The molecule has 0 aliphatic heterocycles. The molecule has 2 aromatic rings. The van der Waals surface area contributed by atoms with Crippen LogP contribution in [0.25, 0.3) is 5.52 Å². The normalized spacial score (nSPS) is 11.1. The van der Waals surface area contributed by atoms with Gasteiger partial charge in [0.1, 0.15) is 0 Å². The summed E-state index contributed by atoms with van der Waals surface area (Å²) in [6.45, 7) is 2.86. The molecule has 0 atom stereocenters. The van der Waals surface area contributed by atoms with Gasteiger partial charge in [0.25, 0.3) is 0 Å². The molecule has 0 unspecified atom stereocenters. The third-order valence-electron chi connectivity index (χ3n) is 2.14. The summed E-state index contributed by atoms with van der Waals surface area (Å²) < 4.78 is 2.97. The van der Waals surface area contributed by atoms with Gasteiger partial charge in [-0.3, -0.25) is 0 Å². The van der Waals surface area contributed by atoms with Crippen molar-refractivity contribution in [3.63, 3.8) is 0 Å². The molecule has 0 aliphatic rings. The monoisotopic (exact) mass is 253 g/mol. The van der Waals surface area contributed by atoms with Gasteiger partial charge in [0.2, 0.25) is 0 Å². The molecule has 0 aliphatic carbocycles. The Balaban J connectivity index is 2.62. The van der Waals surface area contributed by atoms with E-state index >= 15 is 0 Å². The Morgan fingerprint density at radius 3 is 3.07 bits per heavy atom. The summed E-state index contributed by atoms with van der Waals surface area (Å²) in [7, 11) is 1.92. The van der Waals surface area contributed by atoms with E-state index in [0.29, 0.717) is 0 Å². The van der Waals surface area contributed by atoms with Crippen molar-refractivity contribution < 1.29 is 0 Å². The molecule has 2 heterocycles. The number of hydrogen-bond donors (Lipinski definition) is 1. The summed E-state index contributed by atoms with van der Waals surface area (Å²) in [5.41, 5.74) is 3.41. The quantitative estimate of drug-likeness (QED) is 0.889. The molecular formula is C10H12BrN3. The first-order valence-electron chi connectivity index (χ1n) is 4.50. The maximum atomic E-state index is 4.45. The van der Waals surface area contributed by atoms with Crippen LogP contribution in [0.4, 0.5) is 0 Å². The van der Waals surface area contributed by atoms with Crippen molar-refractivity contribution in [2.24, 2.45) is 0 Å². The maximum Gasteiger partial charge on any atom is 0.0914 e. The second kappa shape index (κ2) is 3.71. The van der Waals surface area contributed by atoms with E-state index in [0.717, 1.165) is 22.2 Å². The maximum absolute atomic E-state index is 4.45. The lowest BCUT2D eigenvalue weighted by molar-refractivity contribution is 0.768. The zero-order chi connectivity index (χ0) is 10.1. The Bertz CT molecular complexity index is 462. The van der Waals surface area contributed by atoms with Gasteiger partial charge < -0.3 is 5.32 Å². The van der Waals surface area contributed by atoms with E-state index in [4.69, 9.17) is 0 Å². The molecule has 4 heteroatoms. The van der Waals surface area contributed by atoms with Crippen LogP contribution in [-0.4, -0.2) is 16.7 Å².